The molecule has 1 aromatic heterocycles. The van der Waals surface area contributed by atoms with Crippen LogP contribution in [0.1, 0.15) is 22.3 Å². The van der Waals surface area contributed by atoms with Crippen molar-refractivity contribution >= 4 is 48.6 Å². The van der Waals surface area contributed by atoms with Crippen LogP contribution in [0, 0.1) is 0 Å². The highest BCUT2D eigenvalue weighted by Crippen LogP contribution is 2.67. The number of para-hydroxylation sites is 2. The predicted octanol–water partition coefficient (Wildman–Crippen LogP) is 15.4. The molecule has 10 aromatic rings. The monoisotopic (exact) mass is 771 g/mol. The van der Waals surface area contributed by atoms with E-state index < -0.39 is 5.41 Å². The summed E-state index contributed by atoms with van der Waals surface area (Å²) in [5.41, 5.74) is 14.7. The van der Waals surface area contributed by atoms with E-state index in [1.54, 1.807) is 0 Å². The first-order chi connectivity index (χ1) is 29.3. The Labute approximate surface area is 345 Å². The zero-order valence-electron chi connectivity index (χ0n) is 31.7. The molecule has 0 amide bonds. The van der Waals surface area contributed by atoms with Crippen LogP contribution in [0.5, 0.6) is 23.0 Å². The fourth-order valence-electron chi connectivity index (χ4n) is 10.1. The van der Waals surface area contributed by atoms with Gasteiger partial charge < -0.3 is 14.4 Å². The van der Waals surface area contributed by atoms with E-state index >= 15 is 0 Å². The highest BCUT2D eigenvalue weighted by molar-refractivity contribution is 7.25. The van der Waals surface area contributed by atoms with E-state index in [1.165, 1.54) is 70.2 Å². The third kappa shape index (κ3) is 4.52. The fraction of sp³-hybridized carbons (Fsp3) is 0.0182. The number of hydrogen-bond acceptors (Lipinski definition) is 4. The maximum atomic E-state index is 7.30. The Bertz CT molecular complexity index is 3300. The normalized spacial score (nSPS) is 13.5. The molecule has 0 fully saturated rings. The van der Waals surface area contributed by atoms with E-state index in [-0.39, 0.29) is 0 Å². The minimum absolute atomic E-state index is 0.476. The van der Waals surface area contributed by atoms with Crippen LogP contribution in [0.25, 0.3) is 53.6 Å². The van der Waals surface area contributed by atoms with Gasteiger partial charge in [-0.1, -0.05) is 146 Å². The van der Waals surface area contributed by atoms with Crippen molar-refractivity contribution in [3.63, 3.8) is 0 Å². The van der Waals surface area contributed by atoms with Crippen molar-refractivity contribution < 1.29 is 9.47 Å². The number of fused-ring (bicyclic) bond motifs is 16. The quantitative estimate of drug-likeness (QED) is 0.178. The number of ether oxygens (including phenoxy) is 2. The van der Waals surface area contributed by atoms with Gasteiger partial charge in [0.2, 0.25) is 0 Å². The maximum Gasteiger partial charge on any atom is 0.194 e. The summed E-state index contributed by atoms with van der Waals surface area (Å²) in [5, 5.41) is 2.62. The van der Waals surface area contributed by atoms with E-state index in [0.717, 1.165) is 28.4 Å². The SMILES string of the molecule is c1ccc(N(c2ccc(-c3ccc4c(c3)sc3ccccc34)cc2)c2cccc3c2Oc2c(ccc4c2-c2ccccc2C42c4ccccc4-c4ccccc42)O3)cc1. The van der Waals surface area contributed by atoms with Gasteiger partial charge in [-0.05, 0) is 105 Å². The molecule has 9 aromatic carbocycles. The summed E-state index contributed by atoms with van der Waals surface area (Å²) in [6, 6.07) is 72.0. The molecule has 1 aliphatic heterocycles. The van der Waals surface area contributed by atoms with E-state index in [9.17, 15) is 0 Å². The first-order valence-corrected chi connectivity index (χ1v) is 20.9. The molecular weight excluding hydrogens is 739 g/mol. The lowest BCUT2D eigenvalue weighted by Gasteiger charge is -2.32. The maximum absolute atomic E-state index is 7.30. The minimum Gasteiger partial charge on any atom is -0.449 e. The first kappa shape index (κ1) is 32.7. The molecule has 276 valence electrons. The van der Waals surface area contributed by atoms with Crippen molar-refractivity contribution in [1.82, 2.24) is 0 Å². The lowest BCUT2D eigenvalue weighted by molar-refractivity contribution is 0.361. The van der Waals surface area contributed by atoms with Gasteiger partial charge in [-0.3, -0.25) is 0 Å². The largest absolute Gasteiger partial charge is 0.449 e. The standard InChI is InChI=1S/C55H33NO2S/c1-2-13-36(14-3-1)56(37-28-25-34(26-29-37)35-27-30-41-40-17-7-11-24-50(40)59-51(41)33-35)47-22-12-23-48-53(47)58-54-49(57-48)32-31-46-52(54)42-18-6-10-21-45(42)55(46)43-19-8-4-15-38(43)39-16-5-9-20-44(39)55/h1-33H. The van der Waals surface area contributed by atoms with Crippen molar-refractivity contribution in [3.05, 3.63) is 222 Å². The molecule has 0 bridgehead atoms. The van der Waals surface area contributed by atoms with Crippen molar-refractivity contribution in [2.75, 3.05) is 4.90 Å². The Morgan fingerprint density at radius 2 is 1.00 bits per heavy atom. The zero-order chi connectivity index (χ0) is 38.7. The second-order valence-corrected chi connectivity index (χ2v) is 16.6. The smallest absolute Gasteiger partial charge is 0.194 e. The molecule has 4 heteroatoms. The van der Waals surface area contributed by atoms with Gasteiger partial charge in [-0.15, -0.1) is 11.3 Å². The molecule has 13 rings (SSSR count). The van der Waals surface area contributed by atoms with Gasteiger partial charge in [0.25, 0.3) is 0 Å². The number of benzene rings is 9. The summed E-state index contributed by atoms with van der Waals surface area (Å²) >= 11 is 1.85. The van der Waals surface area contributed by atoms with E-state index in [2.05, 4.69) is 199 Å². The second-order valence-electron chi connectivity index (χ2n) is 15.5. The van der Waals surface area contributed by atoms with Crippen LogP contribution in [-0.2, 0) is 5.41 Å². The van der Waals surface area contributed by atoms with Crippen LogP contribution >= 0.6 is 11.3 Å². The Balaban J connectivity index is 0.951. The third-order valence-electron chi connectivity index (χ3n) is 12.6. The van der Waals surface area contributed by atoms with Gasteiger partial charge in [0, 0.05) is 37.1 Å². The lowest BCUT2D eigenvalue weighted by Crippen LogP contribution is -2.25. The van der Waals surface area contributed by atoms with Gasteiger partial charge >= 0.3 is 0 Å². The molecule has 3 nitrogen and oxygen atoms in total. The fourth-order valence-corrected chi connectivity index (χ4v) is 11.3. The van der Waals surface area contributed by atoms with E-state index in [4.69, 9.17) is 9.47 Å². The summed E-state index contributed by atoms with van der Waals surface area (Å²) in [7, 11) is 0. The number of rotatable bonds is 4. The molecule has 0 unspecified atom stereocenters. The molecular formula is C55H33NO2S. The van der Waals surface area contributed by atoms with Crippen molar-refractivity contribution in [2.24, 2.45) is 0 Å². The molecule has 3 aliphatic rings. The Kier molecular flexibility index (Phi) is 6.81. The lowest BCUT2D eigenvalue weighted by atomic mass is 9.70. The number of thiophene rings is 1. The molecule has 2 heterocycles. The molecule has 0 saturated heterocycles. The van der Waals surface area contributed by atoms with Crippen LogP contribution in [0.4, 0.5) is 17.1 Å². The average molecular weight is 772 g/mol. The first-order valence-electron chi connectivity index (χ1n) is 20.1. The highest BCUT2D eigenvalue weighted by Gasteiger charge is 2.53. The highest BCUT2D eigenvalue weighted by atomic mass is 32.1. The Morgan fingerprint density at radius 1 is 0.390 bits per heavy atom. The molecule has 59 heavy (non-hydrogen) atoms. The van der Waals surface area contributed by atoms with Crippen LogP contribution in [-0.4, -0.2) is 0 Å². The van der Waals surface area contributed by atoms with Gasteiger partial charge in [-0.2, -0.15) is 0 Å². The minimum atomic E-state index is -0.476. The summed E-state index contributed by atoms with van der Waals surface area (Å²) < 4.78 is 16.8. The number of anilines is 3. The molecule has 0 saturated carbocycles. The molecule has 0 atom stereocenters. The van der Waals surface area contributed by atoms with E-state index in [1.807, 2.05) is 17.4 Å². The number of hydrogen-bond donors (Lipinski definition) is 0. The van der Waals surface area contributed by atoms with Gasteiger partial charge in [0.1, 0.15) is 0 Å². The van der Waals surface area contributed by atoms with Crippen molar-refractivity contribution in [2.45, 2.75) is 5.41 Å². The van der Waals surface area contributed by atoms with Crippen molar-refractivity contribution in [1.29, 1.82) is 0 Å². The molecule has 2 aliphatic carbocycles. The summed E-state index contributed by atoms with van der Waals surface area (Å²) in [4.78, 5) is 2.27. The molecule has 0 radical (unpaired) electrons. The Hall–Kier alpha value is -7.40. The van der Waals surface area contributed by atoms with Gasteiger partial charge in [0.15, 0.2) is 23.0 Å². The predicted molar refractivity (Wildman–Crippen MR) is 242 cm³/mol. The third-order valence-corrected chi connectivity index (χ3v) is 13.7. The van der Waals surface area contributed by atoms with Crippen LogP contribution in [0.15, 0.2) is 200 Å². The van der Waals surface area contributed by atoms with E-state index in [0.29, 0.717) is 17.2 Å². The summed E-state index contributed by atoms with van der Waals surface area (Å²) in [5.74, 6) is 2.82. The number of nitrogens with zero attached hydrogens (tertiary/aromatic N) is 1. The average Bonchev–Trinajstić information content (AvgIpc) is 3.93. The summed E-state index contributed by atoms with van der Waals surface area (Å²) in [6.07, 6.45) is 0. The second kappa shape index (κ2) is 12.3. The molecule has 0 N–H and O–H groups in total. The topological polar surface area (TPSA) is 21.7 Å². The zero-order valence-corrected chi connectivity index (χ0v) is 32.5. The van der Waals surface area contributed by atoms with Gasteiger partial charge in [-0.25, -0.2) is 0 Å². The van der Waals surface area contributed by atoms with Crippen LogP contribution in [0.3, 0.4) is 0 Å². The van der Waals surface area contributed by atoms with Crippen molar-refractivity contribution in [3.8, 4) is 56.4 Å². The molecule has 1 spiro atoms. The Morgan fingerprint density at radius 3 is 1.78 bits per heavy atom. The van der Waals surface area contributed by atoms with Crippen LogP contribution < -0.4 is 14.4 Å². The van der Waals surface area contributed by atoms with Crippen LogP contribution in [0.2, 0.25) is 0 Å². The van der Waals surface area contributed by atoms with Gasteiger partial charge in [0.05, 0.1) is 11.1 Å². The summed E-state index contributed by atoms with van der Waals surface area (Å²) in [6.45, 7) is 0.